The van der Waals surface area contributed by atoms with Crippen LogP contribution in [0.25, 0.3) is 0 Å². The SMILES string of the molecule is CC(N)(C(=O)CCCC(F)(F)F)C(F)(F)F. The number of carbonyl (C=O) groups excluding carboxylic acids is 1. The van der Waals surface area contributed by atoms with Crippen molar-refractivity contribution in [2.24, 2.45) is 5.73 Å². The van der Waals surface area contributed by atoms with Gasteiger partial charge in [-0.3, -0.25) is 4.79 Å². The molecule has 0 aromatic heterocycles. The molecule has 2 N–H and O–H groups in total. The highest BCUT2D eigenvalue weighted by molar-refractivity contribution is 5.88. The third-order valence-corrected chi connectivity index (χ3v) is 2.03. The van der Waals surface area contributed by atoms with Crippen LogP contribution in [0.1, 0.15) is 26.2 Å². The Labute approximate surface area is 87.8 Å². The molecule has 0 radical (unpaired) electrons. The lowest BCUT2D eigenvalue weighted by molar-refractivity contribution is -0.186. The largest absolute Gasteiger partial charge is 0.413 e. The molecule has 0 aliphatic heterocycles. The minimum Gasteiger partial charge on any atom is -0.312 e. The summed E-state index contributed by atoms with van der Waals surface area (Å²) in [5.41, 5.74) is 1.65. The van der Waals surface area contributed by atoms with Crippen molar-refractivity contribution in [2.75, 3.05) is 0 Å². The Morgan fingerprint density at radius 2 is 1.56 bits per heavy atom. The van der Waals surface area contributed by atoms with Crippen LogP contribution in [0.2, 0.25) is 0 Å². The van der Waals surface area contributed by atoms with E-state index in [2.05, 4.69) is 0 Å². The quantitative estimate of drug-likeness (QED) is 0.780. The van der Waals surface area contributed by atoms with Gasteiger partial charge in [0.25, 0.3) is 0 Å². The van der Waals surface area contributed by atoms with Gasteiger partial charge in [-0.25, -0.2) is 0 Å². The topological polar surface area (TPSA) is 43.1 Å². The lowest BCUT2D eigenvalue weighted by Crippen LogP contribution is -2.57. The fourth-order valence-corrected chi connectivity index (χ4v) is 0.867. The molecule has 0 saturated carbocycles. The summed E-state index contributed by atoms with van der Waals surface area (Å²) in [6, 6.07) is 0. The molecule has 1 unspecified atom stereocenters. The molecule has 0 heterocycles. The minimum atomic E-state index is -4.96. The summed E-state index contributed by atoms with van der Waals surface area (Å²) in [6.45, 7) is 0.447. The zero-order valence-electron chi connectivity index (χ0n) is 8.37. The maximum atomic E-state index is 12.2. The molecule has 16 heavy (non-hydrogen) atoms. The van der Waals surface area contributed by atoms with Crippen LogP contribution in [-0.2, 0) is 4.79 Å². The van der Waals surface area contributed by atoms with Crippen LogP contribution in [0.4, 0.5) is 26.3 Å². The van der Waals surface area contributed by atoms with E-state index >= 15 is 0 Å². The van der Waals surface area contributed by atoms with Gasteiger partial charge in [-0.15, -0.1) is 0 Å². The fourth-order valence-electron chi connectivity index (χ4n) is 0.867. The summed E-state index contributed by atoms with van der Waals surface area (Å²) in [5, 5.41) is 0. The zero-order chi connectivity index (χ0) is 13.2. The molecule has 0 aliphatic carbocycles. The molecule has 0 aromatic carbocycles. The van der Waals surface area contributed by atoms with Crippen LogP contribution in [0.3, 0.4) is 0 Å². The third kappa shape index (κ3) is 4.38. The predicted octanol–water partition coefficient (Wildman–Crippen LogP) is 2.57. The Morgan fingerprint density at radius 1 is 1.12 bits per heavy atom. The van der Waals surface area contributed by atoms with E-state index in [0.29, 0.717) is 6.92 Å². The van der Waals surface area contributed by atoms with Crippen LogP contribution in [0.15, 0.2) is 0 Å². The van der Waals surface area contributed by atoms with Crippen molar-refractivity contribution in [1.82, 2.24) is 0 Å². The van der Waals surface area contributed by atoms with Crippen LogP contribution in [0.5, 0.6) is 0 Å². The van der Waals surface area contributed by atoms with Crippen molar-refractivity contribution >= 4 is 5.78 Å². The molecule has 0 fully saturated rings. The van der Waals surface area contributed by atoms with Crippen molar-refractivity contribution in [1.29, 1.82) is 0 Å². The van der Waals surface area contributed by atoms with Gasteiger partial charge in [-0.1, -0.05) is 0 Å². The van der Waals surface area contributed by atoms with Gasteiger partial charge in [0.1, 0.15) is 0 Å². The molecule has 1 atom stereocenters. The van der Waals surface area contributed by atoms with Gasteiger partial charge in [0.05, 0.1) is 0 Å². The standard InChI is InChI=1S/C8H11F6NO/c1-6(15,8(12,13)14)5(16)3-2-4-7(9,10)11/h2-4,15H2,1H3. The summed E-state index contributed by atoms with van der Waals surface area (Å²) < 4.78 is 71.5. The van der Waals surface area contributed by atoms with Gasteiger partial charge < -0.3 is 5.73 Å². The van der Waals surface area contributed by atoms with Crippen LogP contribution in [0, 0.1) is 0 Å². The summed E-state index contributed by atoms with van der Waals surface area (Å²) in [5.74, 6) is -1.44. The van der Waals surface area contributed by atoms with Crippen molar-refractivity contribution in [3.05, 3.63) is 0 Å². The van der Waals surface area contributed by atoms with E-state index in [9.17, 15) is 31.1 Å². The molecular formula is C8H11F6NO. The number of nitrogens with two attached hydrogens (primary N) is 1. The van der Waals surface area contributed by atoms with Gasteiger partial charge in [0, 0.05) is 12.8 Å². The number of hydrogen-bond donors (Lipinski definition) is 1. The van der Waals surface area contributed by atoms with E-state index in [4.69, 9.17) is 5.73 Å². The third-order valence-electron chi connectivity index (χ3n) is 2.03. The van der Waals surface area contributed by atoms with E-state index < -0.39 is 42.9 Å². The summed E-state index contributed by atoms with van der Waals surface area (Å²) in [4.78, 5) is 11.0. The summed E-state index contributed by atoms with van der Waals surface area (Å²) in [6.07, 6.45) is -12.3. The van der Waals surface area contributed by atoms with Crippen molar-refractivity contribution < 1.29 is 31.1 Å². The van der Waals surface area contributed by atoms with Crippen LogP contribution in [-0.4, -0.2) is 23.7 Å². The number of hydrogen-bond acceptors (Lipinski definition) is 2. The lowest BCUT2D eigenvalue weighted by atomic mass is 9.93. The van der Waals surface area contributed by atoms with Gasteiger partial charge in [0.2, 0.25) is 0 Å². The van der Waals surface area contributed by atoms with Gasteiger partial charge >= 0.3 is 12.4 Å². The number of halogens is 6. The number of ketones is 1. The molecule has 8 heteroatoms. The Balaban J connectivity index is 4.28. The summed E-state index contributed by atoms with van der Waals surface area (Å²) in [7, 11) is 0. The molecule has 0 spiro atoms. The number of rotatable bonds is 4. The molecule has 0 rings (SSSR count). The molecule has 96 valence electrons. The van der Waals surface area contributed by atoms with Crippen LogP contribution < -0.4 is 5.73 Å². The first kappa shape index (κ1) is 15.2. The summed E-state index contributed by atoms with van der Waals surface area (Å²) >= 11 is 0. The second-order valence-electron chi connectivity index (χ2n) is 3.59. The van der Waals surface area contributed by atoms with Crippen LogP contribution >= 0.6 is 0 Å². The van der Waals surface area contributed by atoms with E-state index in [1.54, 1.807) is 0 Å². The Morgan fingerprint density at radius 3 is 1.88 bits per heavy atom. The smallest absolute Gasteiger partial charge is 0.312 e. The molecule has 2 nitrogen and oxygen atoms in total. The lowest BCUT2D eigenvalue weighted by Gasteiger charge is -2.25. The van der Waals surface area contributed by atoms with E-state index in [1.807, 2.05) is 0 Å². The van der Waals surface area contributed by atoms with Gasteiger partial charge in [0.15, 0.2) is 11.3 Å². The maximum absolute atomic E-state index is 12.2. The highest BCUT2D eigenvalue weighted by Gasteiger charge is 2.53. The second-order valence-corrected chi connectivity index (χ2v) is 3.59. The average Bonchev–Trinajstić information content (AvgIpc) is 1.99. The number of alkyl halides is 6. The van der Waals surface area contributed by atoms with E-state index in [0.717, 1.165) is 0 Å². The first-order chi connectivity index (χ1) is 6.88. The second kappa shape index (κ2) is 4.60. The predicted molar refractivity (Wildman–Crippen MR) is 43.6 cm³/mol. The highest BCUT2D eigenvalue weighted by atomic mass is 19.4. The molecule has 0 bridgehead atoms. The first-order valence-corrected chi connectivity index (χ1v) is 4.33. The average molecular weight is 251 g/mol. The van der Waals surface area contributed by atoms with Crippen molar-refractivity contribution in [3.63, 3.8) is 0 Å². The molecular weight excluding hydrogens is 240 g/mol. The van der Waals surface area contributed by atoms with Crippen molar-refractivity contribution in [2.45, 2.75) is 44.1 Å². The fraction of sp³-hybridized carbons (Fsp3) is 0.875. The van der Waals surface area contributed by atoms with Crippen molar-refractivity contribution in [3.8, 4) is 0 Å². The Bertz CT molecular complexity index is 254. The number of Topliss-reactive ketones (excluding diaryl/α,β-unsaturated/α-hetero) is 1. The van der Waals surface area contributed by atoms with Gasteiger partial charge in [-0.05, 0) is 13.3 Å². The van der Waals surface area contributed by atoms with E-state index in [-0.39, 0.29) is 0 Å². The van der Waals surface area contributed by atoms with Gasteiger partial charge in [-0.2, -0.15) is 26.3 Å². The molecule has 0 aliphatic rings. The molecule has 0 aromatic rings. The molecule has 0 amide bonds. The first-order valence-electron chi connectivity index (χ1n) is 4.33. The number of carbonyl (C=O) groups is 1. The normalized spacial score (nSPS) is 17.0. The minimum absolute atomic E-state index is 0.447. The highest BCUT2D eigenvalue weighted by Crippen LogP contribution is 2.30. The zero-order valence-corrected chi connectivity index (χ0v) is 8.37. The molecule has 0 saturated heterocycles. The monoisotopic (exact) mass is 251 g/mol. The Kier molecular flexibility index (Phi) is 4.38. The Hall–Kier alpha value is -0.790. The maximum Gasteiger partial charge on any atom is 0.413 e. The van der Waals surface area contributed by atoms with E-state index in [1.165, 1.54) is 0 Å².